The van der Waals surface area contributed by atoms with Gasteiger partial charge in [0, 0.05) is 5.88 Å². The molecule has 20 heavy (non-hydrogen) atoms. The predicted molar refractivity (Wildman–Crippen MR) is 66.6 cm³/mol. The van der Waals surface area contributed by atoms with Gasteiger partial charge in [-0.2, -0.15) is 0 Å². The van der Waals surface area contributed by atoms with Gasteiger partial charge in [0.25, 0.3) is 0 Å². The van der Waals surface area contributed by atoms with Crippen LogP contribution in [0.5, 0.6) is 5.75 Å². The molecule has 2 aromatic carbocycles. The average Bonchev–Trinajstić information content (AvgIpc) is 2.40. The summed E-state index contributed by atoms with van der Waals surface area (Å²) in [5.41, 5.74) is -0.154. The summed E-state index contributed by atoms with van der Waals surface area (Å²) in [7, 11) is 0. The normalized spacial score (nSPS) is 10.7. The Balaban J connectivity index is 2.23. The van der Waals surface area contributed by atoms with E-state index in [1.807, 2.05) is 0 Å². The van der Waals surface area contributed by atoms with Crippen LogP contribution >= 0.6 is 11.6 Å². The predicted octanol–water partition coefficient (Wildman–Crippen LogP) is 4.56. The SMILES string of the molecule is Fc1cccc(F)c1COc1c(F)cc(CCl)cc1F. The van der Waals surface area contributed by atoms with E-state index >= 15 is 0 Å². The Bertz CT molecular complexity index is 587. The number of halogens is 5. The van der Waals surface area contributed by atoms with Gasteiger partial charge in [-0.1, -0.05) is 6.07 Å². The first-order valence-electron chi connectivity index (χ1n) is 5.62. The average molecular weight is 305 g/mol. The molecule has 0 N–H and O–H groups in total. The molecule has 1 nitrogen and oxygen atoms in total. The maximum Gasteiger partial charge on any atom is 0.191 e. The zero-order valence-electron chi connectivity index (χ0n) is 10.1. The van der Waals surface area contributed by atoms with E-state index in [1.54, 1.807) is 0 Å². The van der Waals surface area contributed by atoms with Crippen molar-refractivity contribution in [3.63, 3.8) is 0 Å². The van der Waals surface area contributed by atoms with Crippen molar-refractivity contribution in [3.8, 4) is 5.75 Å². The number of hydrogen-bond acceptors (Lipinski definition) is 1. The molecule has 106 valence electrons. The fraction of sp³-hybridized carbons (Fsp3) is 0.143. The van der Waals surface area contributed by atoms with Crippen molar-refractivity contribution in [2.24, 2.45) is 0 Å². The van der Waals surface area contributed by atoms with Gasteiger partial charge in [-0.25, -0.2) is 17.6 Å². The first-order chi connectivity index (χ1) is 9.52. The van der Waals surface area contributed by atoms with Gasteiger partial charge in [0.1, 0.15) is 18.2 Å². The molecule has 0 amide bonds. The van der Waals surface area contributed by atoms with Gasteiger partial charge in [0.2, 0.25) is 0 Å². The largest absolute Gasteiger partial charge is 0.483 e. The molecule has 0 aliphatic heterocycles. The van der Waals surface area contributed by atoms with Crippen molar-refractivity contribution in [2.45, 2.75) is 12.5 Å². The van der Waals surface area contributed by atoms with Crippen LogP contribution in [0.3, 0.4) is 0 Å². The third-order valence-electron chi connectivity index (χ3n) is 2.63. The number of benzene rings is 2. The van der Waals surface area contributed by atoms with Gasteiger partial charge in [0.15, 0.2) is 17.4 Å². The topological polar surface area (TPSA) is 9.23 Å². The van der Waals surface area contributed by atoms with Crippen LogP contribution in [-0.2, 0) is 12.5 Å². The highest BCUT2D eigenvalue weighted by Gasteiger charge is 2.15. The smallest absolute Gasteiger partial charge is 0.191 e. The van der Waals surface area contributed by atoms with Crippen LogP contribution in [0, 0.1) is 23.3 Å². The zero-order valence-corrected chi connectivity index (χ0v) is 10.9. The van der Waals surface area contributed by atoms with Crippen molar-refractivity contribution in [2.75, 3.05) is 0 Å². The minimum atomic E-state index is -0.975. The lowest BCUT2D eigenvalue weighted by molar-refractivity contribution is 0.263. The molecular weight excluding hydrogens is 296 g/mol. The molecule has 0 aromatic heterocycles. The van der Waals surface area contributed by atoms with Crippen LogP contribution in [-0.4, -0.2) is 0 Å². The monoisotopic (exact) mass is 304 g/mol. The van der Waals surface area contributed by atoms with Crippen LogP contribution in [0.15, 0.2) is 30.3 Å². The number of alkyl halides is 1. The Hall–Kier alpha value is -1.75. The Labute approximate surface area is 117 Å². The Morgan fingerprint density at radius 1 is 0.900 bits per heavy atom. The summed E-state index contributed by atoms with van der Waals surface area (Å²) < 4.78 is 58.7. The molecule has 0 heterocycles. The summed E-state index contributed by atoms with van der Waals surface area (Å²) >= 11 is 5.46. The lowest BCUT2D eigenvalue weighted by Crippen LogP contribution is -2.04. The molecule has 0 atom stereocenters. The highest BCUT2D eigenvalue weighted by Crippen LogP contribution is 2.25. The van der Waals surface area contributed by atoms with E-state index in [2.05, 4.69) is 0 Å². The van der Waals surface area contributed by atoms with Crippen LogP contribution in [0.25, 0.3) is 0 Å². The molecular formula is C14H9ClF4O. The van der Waals surface area contributed by atoms with E-state index in [-0.39, 0.29) is 11.4 Å². The van der Waals surface area contributed by atoms with E-state index in [0.717, 1.165) is 24.3 Å². The van der Waals surface area contributed by atoms with Crippen LogP contribution in [0.2, 0.25) is 0 Å². The standard InChI is InChI=1S/C14H9ClF4O/c15-6-8-4-12(18)14(13(19)5-8)20-7-9-10(16)2-1-3-11(9)17/h1-5H,6-7H2. The third-order valence-corrected chi connectivity index (χ3v) is 2.94. The lowest BCUT2D eigenvalue weighted by atomic mass is 10.2. The second-order valence-corrected chi connectivity index (χ2v) is 4.28. The highest BCUT2D eigenvalue weighted by molar-refractivity contribution is 6.17. The lowest BCUT2D eigenvalue weighted by Gasteiger charge is -2.10. The van der Waals surface area contributed by atoms with Gasteiger partial charge >= 0.3 is 0 Å². The summed E-state index contributed by atoms with van der Waals surface area (Å²) in [5.74, 6) is -4.39. The molecule has 6 heteroatoms. The van der Waals surface area contributed by atoms with E-state index < -0.39 is 41.2 Å². The maximum atomic E-state index is 13.6. The van der Waals surface area contributed by atoms with Gasteiger partial charge in [-0.05, 0) is 29.8 Å². The summed E-state index contributed by atoms with van der Waals surface area (Å²) in [6.45, 7) is -0.618. The molecule has 0 fully saturated rings. The van der Waals surface area contributed by atoms with E-state index in [1.165, 1.54) is 6.07 Å². The Morgan fingerprint density at radius 2 is 1.45 bits per heavy atom. The minimum Gasteiger partial charge on any atom is -0.483 e. The summed E-state index contributed by atoms with van der Waals surface area (Å²) in [5, 5.41) is 0. The van der Waals surface area contributed by atoms with Gasteiger partial charge in [-0.15, -0.1) is 11.6 Å². The molecule has 2 aromatic rings. The van der Waals surface area contributed by atoms with Gasteiger partial charge < -0.3 is 4.74 Å². The fourth-order valence-corrected chi connectivity index (χ4v) is 1.80. The fourth-order valence-electron chi connectivity index (χ4n) is 1.64. The molecule has 0 saturated heterocycles. The van der Waals surface area contributed by atoms with Crippen LogP contribution in [0.1, 0.15) is 11.1 Å². The zero-order chi connectivity index (χ0) is 14.7. The summed E-state index contributed by atoms with van der Waals surface area (Å²) in [6.07, 6.45) is 0. The molecule has 0 spiro atoms. The van der Waals surface area contributed by atoms with Crippen molar-refractivity contribution < 1.29 is 22.3 Å². The van der Waals surface area contributed by atoms with E-state index in [0.29, 0.717) is 0 Å². The highest BCUT2D eigenvalue weighted by atomic mass is 35.5. The van der Waals surface area contributed by atoms with Gasteiger partial charge in [-0.3, -0.25) is 0 Å². The van der Waals surface area contributed by atoms with Gasteiger partial charge in [0.05, 0.1) is 5.56 Å². The van der Waals surface area contributed by atoms with Crippen LogP contribution < -0.4 is 4.74 Å². The third kappa shape index (κ3) is 3.04. The summed E-state index contributed by atoms with van der Waals surface area (Å²) in [6, 6.07) is 5.26. The van der Waals surface area contributed by atoms with Crippen molar-refractivity contribution >= 4 is 11.6 Å². The molecule has 0 radical (unpaired) electrons. The quantitative estimate of drug-likeness (QED) is 0.594. The molecule has 0 saturated carbocycles. The minimum absolute atomic E-state index is 0.0595. The van der Waals surface area contributed by atoms with Crippen molar-refractivity contribution in [1.82, 2.24) is 0 Å². The van der Waals surface area contributed by atoms with Crippen molar-refractivity contribution in [3.05, 3.63) is 64.7 Å². The second-order valence-electron chi connectivity index (χ2n) is 4.01. The molecule has 0 aliphatic rings. The van der Waals surface area contributed by atoms with E-state index in [4.69, 9.17) is 16.3 Å². The summed E-state index contributed by atoms with van der Waals surface area (Å²) in [4.78, 5) is 0. The molecule has 2 rings (SSSR count). The molecule has 0 unspecified atom stereocenters. The Morgan fingerprint density at radius 3 is 1.95 bits per heavy atom. The Kier molecular flexibility index (Phi) is 4.49. The molecule has 0 bridgehead atoms. The number of rotatable bonds is 4. The van der Waals surface area contributed by atoms with Crippen molar-refractivity contribution in [1.29, 1.82) is 0 Å². The van der Waals surface area contributed by atoms with Crippen LogP contribution in [0.4, 0.5) is 17.6 Å². The second kappa shape index (κ2) is 6.13. The first-order valence-corrected chi connectivity index (χ1v) is 6.16. The van der Waals surface area contributed by atoms with E-state index in [9.17, 15) is 17.6 Å². The number of hydrogen-bond donors (Lipinski definition) is 0. The number of ether oxygens (including phenoxy) is 1. The molecule has 0 aliphatic carbocycles. The maximum absolute atomic E-state index is 13.6. The first kappa shape index (κ1) is 14.7.